The molecule has 70 valence electrons. The van der Waals surface area contributed by atoms with Gasteiger partial charge in [-0.05, 0) is 28.3 Å². The fourth-order valence-electron chi connectivity index (χ4n) is 2.17. The quantitative estimate of drug-likeness (QED) is 0.644. The molecule has 2 unspecified atom stereocenters. The van der Waals surface area contributed by atoms with Crippen LogP contribution in [-0.2, 0) is 0 Å². The fraction of sp³-hybridized carbons (Fsp3) is 0.167. The van der Waals surface area contributed by atoms with Gasteiger partial charge in [0.15, 0.2) is 0 Å². The Morgan fingerprint density at radius 1 is 1.07 bits per heavy atom. The van der Waals surface area contributed by atoms with Crippen LogP contribution in [-0.4, -0.2) is 16.3 Å². The molecule has 0 bridgehead atoms. The molecule has 0 fully saturated rings. The minimum absolute atomic E-state index is 0.782. The second-order valence-corrected chi connectivity index (χ2v) is 3.70. The first kappa shape index (κ1) is 7.97. The zero-order valence-electron chi connectivity index (χ0n) is 7.51. The zero-order valence-corrected chi connectivity index (χ0v) is 7.51. The van der Waals surface area contributed by atoms with Gasteiger partial charge in [-0.3, -0.25) is 0 Å². The Kier molecular flexibility index (Phi) is 1.46. The summed E-state index contributed by atoms with van der Waals surface area (Å²) < 4.78 is 0. The molecule has 0 heterocycles. The lowest BCUT2D eigenvalue weighted by molar-refractivity contribution is 0.0467. The summed E-state index contributed by atoms with van der Waals surface area (Å²) in [5, 5.41) is 19.4. The van der Waals surface area contributed by atoms with Crippen molar-refractivity contribution < 1.29 is 10.2 Å². The number of aliphatic hydroxyl groups is 2. The van der Waals surface area contributed by atoms with Crippen molar-refractivity contribution in [3.05, 3.63) is 47.0 Å². The summed E-state index contributed by atoms with van der Waals surface area (Å²) in [7, 11) is 0. The molecule has 3 rings (SSSR count). The molecule has 14 heavy (non-hydrogen) atoms. The average Bonchev–Trinajstić information content (AvgIpc) is 2.59. The fourth-order valence-corrected chi connectivity index (χ4v) is 2.17. The van der Waals surface area contributed by atoms with E-state index in [4.69, 9.17) is 0 Å². The van der Waals surface area contributed by atoms with E-state index in [1.54, 1.807) is 6.08 Å². The number of aliphatic hydroxyl groups excluding tert-OH is 2. The summed E-state index contributed by atoms with van der Waals surface area (Å²) in [4.78, 5) is 0. The van der Waals surface area contributed by atoms with E-state index in [0.717, 1.165) is 22.3 Å². The standard InChI is InChI=1S/C12H10O2/c13-10-6-8-5-4-7-2-1-3-9(11(7)8)12(10)14/h1-6,10,12-14H. The van der Waals surface area contributed by atoms with Crippen LogP contribution in [0.2, 0.25) is 0 Å². The first-order chi connectivity index (χ1) is 6.77. The maximum atomic E-state index is 9.78. The van der Waals surface area contributed by atoms with Crippen molar-refractivity contribution in [3.63, 3.8) is 0 Å². The molecule has 2 N–H and O–H groups in total. The van der Waals surface area contributed by atoms with Crippen LogP contribution in [0.5, 0.6) is 0 Å². The van der Waals surface area contributed by atoms with Gasteiger partial charge in [0.05, 0.1) is 0 Å². The van der Waals surface area contributed by atoms with Crippen LogP contribution in [0.15, 0.2) is 30.4 Å². The largest absolute Gasteiger partial charge is 0.386 e. The van der Waals surface area contributed by atoms with Crippen LogP contribution in [0.1, 0.15) is 22.8 Å². The molecule has 2 aliphatic rings. The lowest BCUT2D eigenvalue weighted by Gasteiger charge is -2.24. The topological polar surface area (TPSA) is 40.5 Å². The smallest absolute Gasteiger partial charge is 0.109 e. The SMILES string of the molecule is OC1C=C2C=Cc3cccc(c32)C1O. The normalized spacial score (nSPS) is 27.4. The number of allylic oxidation sites excluding steroid dienone is 2. The molecule has 1 aromatic carbocycles. The molecule has 2 nitrogen and oxygen atoms in total. The molecular weight excluding hydrogens is 176 g/mol. The third-order valence-corrected chi connectivity index (χ3v) is 2.85. The minimum atomic E-state index is -0.784. The van der Waals surface area contributed by atoms with Crippen molar-refractivity contribution in [3.8, 4) is 0 Å². The Hall–Kier alpha value is -1.38. The first-order valence-corrected chi connectivity index (χ1v) is 4.67. The second kappa shape index (κ2) is 2.56. The van der Waals surface area contributed by atoms with Crippen molar-refractivity contribution in [2.24, 2.45) is 0 Å². The maximum Gasteiger partial charge on any atom is 0.109 e. The van der Waals surface area contributed by atoms with Crippen LogP contribution in [0.3, 0.4) is 0 Å². The summed E-state index contributed by atoms with van der Waals surface area (Å²) in [6, 6.07) is 5.79. The van der Waals surface area contributed by atoms with Gasteiger partial charge in [0.1, 0.15) is 12.2 Å². The van der Waals surface area contributed by atoms with Gasteiger partial charge in [-0.15, -0.1) is 0 Å². The summed E-state index contributed by atoms with van der Waals surface area (Å²) >= 11 is 0. The van der Waals surface area contributed by atoms with E-state index in [2.05, 4.69) is 0 Å². The van der Waals surface area contributed by atoms with Gasteiger partial charge >= 0.3 is 0 Å². The number of hydrogen-bond acceptors (Lipinski definition) is 2. The third kappa shape index (κ3) is 0.870. The molecule has 0 saturated carbocycles. The number of rotatable bonds is 0. The molecule has 2 heteroatoms. The van der Waals surface area contributed by atoms with E-state index in [1.165, 1.54) is 0 Å². The zero-order chi connectivity index (χ0) is 9.71. The van der Waals surface area contributed by atoms with E-state index in [0.29, 0.717) is 0 Å². The third-order valence-electron chi connectivity index (χ3n) is 2.85. The first-order valence-electron chi connectivity index (χ1n) is 4.67. The Morgan fingerprint density at radius 2 is 1.93 bits per heavy atom. The van der Waals surface area contributed by atoms with Crippen molar-refractivity contribution in [2.45, 2.75) is 12.2 Å². The molecule has 0 spiro atoms. The minimum Gasteiger partial charge on any atom is -0.386 e. The summed E-state index contributed by atoms with van der Waals surface area (Å²) in [5.41, 5.74) is 4.05. The van der Waals surface area contributed by atoms with Gasteiger partial charge in [-0.2, -0.15) is 0 Å². The molecule has 0 aliphatic heterocycles. The molecule has 2 aliphatic carbocycles. The molecule has 0 radical (unpaired) electrons. The number of benzene rings is 1. The van der Waals surface area contributed by atoms with Crippen LogP contribution in [0, 0.1) is 0 Å². The summed E-state index contributed by atoms with van der Waals surface area (Å²) in [5.74, 6) is 0. The van der Waals surface area contributed by atoms with Crippen LogP contribution >= 0.6 is 0 Å². The average molecular weight is 186 g/mol. The van der Waals surface area contributed by atoms with E-state index in [-0.39, 0.29) is 0 Å². The predicted octanol–water partition coefficient (Wildman–Crippen LogP) is 1.50. The highest BCUT2D eigenvalue weighted by molar-refractivity contribution is 5.92. The highest BCUT2D eigenvalue weighted by atomic mass is 16.3. The van der Waals surface area contributed by atoms with Crippen molar-refractivity contribution >= 4 is 11.6 Å². The van der Waals surface area contributed by atoms with E-state index in [1.807, 2.05) is 30.4 Å². The van der Waals surface area contributed by atoms with Crippen LogP contribution in [0.4, 0.5) is 0 Å². The van der Waals surface area contributed by atoms with E-state index < -0.39 is 12.2 Å². The molecule has 0 amide bonds. The molecule has 0 aromatic heterocycles. The molecule has 2 atom stereocenters. The van der Waals surface area contributed by atoms with Crippen LogP contribution in [0.25, 0.3) is 11.6 Å². The van der Waals surface area contributed by atoms with E-state index in [9.17, 15) is 10.2 Å². The summed E-state index contributed by atoms with van der Waals surface area (Å²) in [6.45, 7) is 0. The highest BCUT2D eigenvalue weighted by Gasteiger charge is 2.28. The van der Waals surface area contributed by atoms with Crippen molar-refractivity contribution in [1.29, 1.82) is 0 Å². The van der Waals surface area contributed by atoms with E-state index >= 15 is 0 Å². The Labute approximate surface area is 81.8 Å². The van der Waals surface area contributed by atoms with Gasteiger partial charge in [0.2, 0.25) is 0 Å². The summed E-state index contributed by atoms with van der Waals surface area (Å²) in [6.07, 6.45) is 4.13. The van der Waals surface area contributed by atoms with Crippen molar-refractivity contribution in [1.82, 2.24) is 0 Å². The van der Waals surface area contributed by atoms with Crippen molar-refractivity contribution in [2.75, 3.05) is 0 Å². The Bertz CT molecular complexity index is 457. The highest BCUT2D eigenvalue weighted by Crippen LogP contribution is 2.40. The van der Waals surface area contributed by atoms with Gasteiger partial charge in [0.25, 0.3) is 0 Å². The maximum absolute atomic E-state index is 9.78. The predicted molar refractivity (Wildman–Crippen MR) is 54.4 cm³/mol. The number of hydrogen-bond donors (Lipinski definition) is 2. The van der Waals surface area contributed by atoms with Gasteiger partial charge < -0.3 is 10.2 Å². The molecule has 1 aromatic rings. The van der Waals surface area contributed by atoms with Gasteiger partial charge in [-0.1, -0.05) is 30.4 Å². The Morgan fingerprint density at radius 3 is 2.79 bits per heavy atom. The Balaban J connectivity index is 2.33. The van der Waals surface area contributed by atoms with Crippen LogP contribution < -0.4 is 0 Å². The lowest BCUT2D eigenvalue weighted by Crippen LogP contribution is -2.20. The van der Waals surface area contributed by atoms with Gasteiger partial charge in [0, 0.05) is 0 Å². The van der Waals surface area contributed by atoms with Gasteiger partial charge in [-0.25, -0.2) is 0 Å². The molecule has 0 saturated heterocycles. The molecular formula is C12H10O2. The second-order valence-electron chi connectivity index (χ2n) is 3.70. The lowest BCUT2D eigenvalue weighted by atomic mass is 9.87. The monoisotopic (exact) mass is 186 g/mol.